The highest BCUT2D eigenvalue weighted by Gasteiger charge is 2.47. The summed E-state index contributed by atoms with van der Waals surface area (Å²) in [7, 11) is 0. The van der Waals surface area contributed by atoms with E-state index in [1.54, 1.807) is 38.5 Å². The van der Waals surface area contributed by atoms with Crippen LogP contribution in [0.5, 0.6) is 0 Å². The molecule has 0 N–H and O–H groups in total. The molecule has 0 aromatic carbocycles. The molecule has 0 saturated heterocycles. The molecule has 0 aromatic rings. The van der Waals surface area contributed by atoms with Gasteiger partial charge in [0.25, 0.3) is 0 Å². The molecular weight excluding hydrogens is 240 g/mol. The SMILES string of the molecule is CC1CCC(C)C2CC3CC4CCCCC4CC3CC12. The summed E-state index contributed by atoms with van der Waals surface area (Å²) in [4.78, 5) is 0. The average molecular weight is 274 g/mol. The Labute approximate surface area is 126 Å². The van der Waals surface area contributed by atoms with Gasteiger partial charge in [0.1, 0.15) is 0 Å². The van der Waals surface area contributed by atoms with E-state index in [9.17, 15) is 0 Å². The molecule has 4 saturated carbocycles. The quantitative estimate of drug-likeness (QED) is 0.515. The zero-order valence-electron chi connectivity index (χ0n) is 13.7. The number of rotatable bonds is 0. The van der Waals surface area contributed by atoms with Crippen molar-refractivity contribution in [2.75, 3.05) is 0 Å². The van der Waals surface area contributed by atoms with Crippen molar-refractivity contribution in [2.45, 2.75) is 78.1 Å². The van der Waals surface area contributed by atoms with Gasteiger partial charge in [0, 0.05) is 0 Å². The second kappa shape index (κ2) is 5.33. The molecule has 0 radical (unpaired) electrons. The van der Waals surface area contributed by atoms with Crippen molar-refractivity contribution in [3.8, 4) is 0 Å². The molecule has 4 aliphatic rings. The predicted octanol–water partition coefficient (Wildman–Crippen LogP) is 5.91. The van der Waals surface area contributed by atoms with Crippen LogP contribution in [0.1, 0.15) is 78.1 Å². The minimum Gasteiger partial charge on any atom is -0.0622 e. The van der Waals surface area contributed by atoms with Crippen molar-refractivity contribution < 1.29 is 0 Å². The van der Waals surface area contributed by atoms with Crippen LogP contribution in [0.25, 0.3) is 0 Å². The molecule has 0 bridgehead atoms. The minimum atomic E-state index is 1.03. The number of hydrogen-bond acceptors (Lipinski definition) is 0. The first-order valence-corrected chi connectivity index (χ1v) is 9.72. The first-order chi connectivity index (χ1) is 9.72. The van der Waals surface area contributed by atoms with Crippen LogP contribution in [0.2, 0.25) is 0 Å². The maximum Gasteiger partial charge on any atom is -0.0355 e. The Kier molecular flexibility index (Phi) is 3.63. The summed E-state index contributed by atoms with van der Waals surface area (Å²) >= 11 is 0. The Morgan fingerprint density at radius 3 is 1.40 bits per heavy atom. The van der Waals surface area contributed by atoms with E-state index in [2.05, 4.69) is 13.8 Å². The fraction of sp³-hybridized carbons (Fsp3) is 1.00. The summed E-state index contributed by atoms with van der Waals surface area (Å²) in [5, 5.41) is 0. The zero-order chi connectivity index (χ0) is 13.7. The van der Waals surface area contributed by atoms with Crippen molar-refractivity contribution in [3.05, 3.63) is 0 Å². The lowest BCUT2D eigenvalue weighted by Crippen LogP contribution is -2.45. The fourth-order valence-corrected chi connectivity index (χ4v) is 6.96. The van der Waals surface area contributed by atoms with Crippen molar-refractivity contribution in [3.63, 3.8) is 0 Å². The lowest BCUT2D eigenvalue weighted by molar-refractivity contribution is -0.0383. The highest BCUT2D eigenvalue weighted by molar-refractivity contribution is 4.97. The zero-order valence-corrected chi connectivity index (χ0v) is 13.7. The first-order valence-electron chi connectivity index (χ1n) is 9.72. The molecule has 0 nitrogen and oxygen atoms in total. The van der Waals surface area contributed by atoms with Crippen molar-refractivity contribution in [2.24, 2.45) is 47.3 Å². The second-order valence-electron chi connectivity index (χ2n) is 9.13. The molecule has 0 heteroatoms. The van der Waals surface area contributed by atoms with Crippen molar-refractivity contribution in [1.82, 2.24) is 0 Å². The van der Waals surface area contributed by atoms with Gasteiger partial charge in [-0.05, 0) is 73.0 Å². The van der Waals surface area contributed by atoms with E-state index in [0.717, 1.165) is 47.3 Å². The Bertz CT molecular complexity index is 312. The molecule has 8 unspecified atom stereocenters. The molecule has 4 aliphatic carbocycles. The highest BCUT2D eigenvalue weighted by atomic mass is 14.5. The molecule has 4 fully saturated rings. The summed E-state index contributed by atoms with van der Waals surface area (Å²) in [5.41, 5.74) is 0. The van der Waals surface area contributed by atoms with Crippen molar-refractivity contribution in [1.29, 1.82) is 0 Å². The van der Waals surface area contributed by atoms with Gasteiger partial charge in [-0.3, -0.25) is 0 Å². The van der Waals surface area contributed by atoms with Crippen LogP contribution in [0, 0.1) is 47.3 Å². The lowest BCUT2D eigenvalue weighted by Gasteiger charge is -2.54. The third-order valence-corrected chi connectivity index (χ3v) is 8.18. The number of hydrogen-bond donors (Lipinski definition) is 0. The minimum absolute atomic E-state index is 1.03. The molecule has 0 aliphatic heterocycles. The van der Waals surface area contributed by atoms with E-state index in [0.29, 0.717) is 0 Å². The van der Waals surface area contributed by atoms with Gasteiger partial charge < -0.3 is 0 Å². The van der Waals surface area contributed by atoms with Gasteiger partial charge in [0.05, 0.1) is 0 Å². The van der Waals surface area contributed by atoms with Crippen LogP contribution in [-0.4, -0.2) is 0 Å². The van der Waals surface area contributed by atoms with Crippen LogP contribution in [-0.2, 0) is 0 Å². The highest BCUT2D eigenvalue weighted by Crippen LogP contribution is 2.56. The largest absolute Gasteiger partial charge is 0.0622 e. The summed E-state index contributed by atoms with van der Waals surface area (Å²) < 4.78 is 0. The molecule has 0 heterocycles. The Hall–Kier alpha value is 0. The van der Waals surface area contributed by atoms with Crippen LogP contribution >= 0.6 is 0 Å². The molecule has 0 amide bonds. The second-order valence-corrected chi connectivity index (χ2v) is 9.13. The molecule has 0 spiro atoms. The Morgan fingerprint density at radius 2 is 0.950 bits per heavy atom. The predicted molar refractivity (Wildman–Crippen MR) is 85.4 cm³/mol. The number of fused-ring (bicyclic) bond motifs is 3. The molecule has 114 valence electrons. The van der Waals surface area contributed by atoms with Gasteiger partial charge in [-0.25, -0.2) is 0 Å². The molecular formula is C20H34. The third kappa shape index (κ3) is 2.26. The Morgan fingerprint density at radius 1 is 0.500 bits per heavy atom. The fourth-order valence-electron chi connectivity index (χ4n) is 6.96. The van der Waals surface area contributed by atoms with Gasteiger partial charge in [-0.15, -0.1) is 0 Å². The maximum atomic E-state index is 2.57. The third-order valence-electron chi connectivity index (χ3n) is 8.18. The van der Waals surface area contributed by atoms with Crippen LogP contribution in [0.3, 0.4) is 0 Å². The summed E-state index contributed by atoms with van der Waals surface area (Å²) in [5.74, 6) is 8.78. The van der Waals surface area contributed by atoms with Gasteiger partial charge in [-0.1, -0.05) is 52.4 Å². The molecule has 20 heavy (non-hydrogen) atoms. The topological polar surface area (TPSA) is 0 Å². The molecule has 4 rings (SSSR count). The molecule has 8 atom stereocenters. The standard InChI is InChI=1S/C20H34/c1-13-7-8-14(2)20-12-18-10-16-6-4-3-5-15(16)9-17(18)11-19(13)20/h13-20H,3-12H2,1-2H3. The normalized spacial score (nSPS) is 55.5. The summed E-state index contributed by atoms with van der Waals surface area (Å²) in [6.45, 7) is 5.13. The van der Waals surface area contributed by atoms with E-state index < -0.39 is 0 Å². The van der Waals surface area contributed by atoms with E-state index >= 15 is 0 Å². The van der Waals surface area contributed by atoms with Gasteiger partial charge in [-0.2, -0.15) is 0 Å². The monoisotopic (exact) mass is 274 g/mol. The first kappa shape index (κ1) is 13.6. The van der Waals surface area contributed by atoms with Gasteiger partial charge in [0.2, 0.25) is 0 Å². The van der Waals surface area contributed by atoms with Gasteiger partial charge >= 0.3 is 0 Å². The molecule has 0 aromatic heterocycles. The van der Waals surface area contributed by atoms with Gasteiger partial charge in [0.15, 0.2) is 0 Å². The lowest BCUT2D eigenvalue weighted by atomic mass is 9.52. The van der Waals surface area contributed by atoms with E-state index in [1.165, 1.54) is 25.7 Å². The van der Waals surface area contributed by atoms with Crippen LogP contribution < -0.4 is 0 Å². The Balaban J connectivity index is 1.50. The van der Waals surface area contributed by atoms with E-state index in [-0.39, 0.29) is 0 Å². The van der Waals surface area contributed by atoms with E-state index in [4.69, 9.17) is 0 Å². The summed E-state index contributed by atoms with van der Waals surface area (Å²) in [6.07, 6.45) is 15.8. The maximum absolute atomic E-state index is 2.57. The smallest absolute Gasteiger partial charge is 0.0355 e. The average Bonchev–Trinajstić information content (AvgIpc) is 2.47. The van der Waals surface area contributed by atoms with Crippen molar-refractivity contribution >= 4 is 0 Å². The summed E-state index contributed by atoms with van der Waals surface area (Å²) in [6, 6.07) is 0. The van der Waals surface area contributed by atoms with E-state index in [1.807, 2.05) is 0 Å². The van der Waals surface area contributed by atoms with Crippen LogP contribution in [0.15, 0.2) is 0 Å². The van der Waals surface area contributed by atoms with Crippen LogP contribution in [0.4, 0.5) is 0 Å².